The van der Waals surface area contributed by atoms with E-state index in [4.69, 9.17) is 9.47 Å². The van der Waals surface area contributed by atoms with Crippen LogP contribution in [0, 0.1) is 11.6 Å². The highest BCUT2D eigenvalue weighted by molar-refractivity contribution is 7.80. The normalized spacial score (nSPS) is 22.0. The standard InChI is InChI=1S/C22H24F2O2S/c23-20-19(12-17-2-1-11-25-22(17)21(20)24)26-13-14-3-5-15(6-4-14)16-7-9-18(27)10-8-16/h3-6,12,16,18,27H,1-2,7-11,13H2. The molecule has 0 spiro atoms. The molecule has 0 radical (unpaired) electrons. The van der Waals surface area contributed by atoms with E-state index in [-0.39, 0.29) is 18.1 Å². The zero-order chi connectivity index (χ0) is 18.8. The Hall–Kier alpha value is -1.75. The average Bonchev–Trinajstić information content (AvgIpc) is 2.71. The van der Waals surface area contributed by atoms with E-state index in [0.29, 0.717) is 29.8 Å². The summed E-state index contributed by atoms with van der Waals surface area (Å²) in [5.41, 5.74) is 2.95. The first-order valence-corrected chi connectivity index (χ1v) is 10.2. The van der Waals surface area contributed by atoms with E-state index >= 15 is 0 Å². The number of benzene rings is 2. The van der Waals surface area contributed by atoms with Crippen LogP contribution in [0.4, 0.5) is 8.78 Å². The van der Waals surface area contributed by atoms with Gasteiger partial charge in [0, 0.05) is 10.8 Å². The SMILES string of the molecule is Fc1c(OCc2ccc(C3CCC(S)CC3)cc2)cc2c(c1F)OCCC2. The topological polar surface area (TPSA) is 18.5 Å². The summed E-state index contributed by atoms with van der Waals surface area (Å²) < 4.78 is 39.3. The molecule has 2 nitrogen and oxygen atoms in total. The number of thiol groups is 1. The fraction of sp³-hybridized carbons (Fsp3) is 0.455. The number of aryl methyl sites for hydroxylation is 1. The Labute approximate surface area is 164 Å². The molecule has 2 aliphatic rings. The summed E-state index contributed by atoms with van der Waals surface area (Å²) in [5.74, 6) is -1.34. The van der Waals surface area contributed by atoms with Gasteiger partial charge in [0.15, 0.2) is 11.5 Å². The smallest absolute Gasteiger partial charge is 0.204 e. The number of rotatable bonds is 4. The van der Waals surface area contributed by atoms with E-state index in [2.05, 4.69) is 24.8 Å². The summed E-state index contributed by atoms with van der Waals surface area (Å²) in [6.45, 7) is 0.630. The van der Waals surface area contributed by atoms with Gasteiger partial charge in [-0.3, -0.25) is 0 Å². The molecule has 2 aromatic carbocycles. The van der Waals surface area contributed by atoms with Gasteiger partial charge in [-0.25, -0.2) is 0 Å². The molecule has 0 N–H and O–H groups in total. The van der Waals surface area contributed by atoms with E-state index < -0.39 is 11.6 Å². The maximum absolute atomic E-state index is 14.2. The third kappa shape index (κ3) is 4.08. The second-order valence-electron chi connectivity index (χ2n) is 7.48. The molecule has 27 heavy (non-hydrogen) atoms. The molecule has 0 saturated heterocycles. The molecule has 1 fully saturated rings. The monoisotopic (exact) mass is 390 g/mol. The Kier molecular flexibility index (Phi) is 5.58. The summed E-state index contributed by atoms with van der Waals surface area (Å²) in [6.07, 6.45) is 6.13. The van der Waals surface area contributed by atoms with Gasteiger partial charge in [0.25, 0.3) is 0 Å². The Morgan fingerprint density at radius 3 is 2.52 bits per heavy atom. The van der Waals surface area contributed by atoms with Crippen molar-refractivity contribution < 1.29 is 18.3 Å². The van der Waals surface area contributed by atoms with Crippen LogP contribution in [0.15, 0.2) is 30.3 Å². The van der Waals surface area contributed by atoms with Gasteiger partial charge < -0.3 is 9.47 Å². The first kappa shape index (κ1) is 18.6. The van der Waals surface area contributed by atoms with Gasteiger partial charge in [0.1, 0.15) is 6.61 Å². The molecule has 0 amide bonds. The summed E-state index contributed by atoms with van der Waals surface area (Å²) in [4.78, 5) is 0. The number of ether oxygens (including phenoxy) is 2. The van der Waals surface area contributed by atoms with Gasteiger partial charge >= 0.3 is 0 Å². The highest BCUT2D eigenvalue weighted by atomic mass is 32.1. The lowest BCUT2D eigenvalue weighted by Crippen LogP contribution is -2.13. The summed E-state index contributed by atoms with van der Waals surface area (Å²) >= 11 is 4.56. The molecule has 2 aromatic rings. The Bertz CT molecular complexity index is 799. The van der Waals surface area contributed by atoms with Crippen LogP contribution in [-0.2, 0) is 13.0 Å². The highest BCUT2D eigenvalue weighted by Gasteiger charge is 2.23. The minimum absolute atomic E-state index is 0.0337. The lowest BCUT2D eigenvalue weighted by molar-refractivity contribution is 0.252. The molecule has 0 aromatic heterocycles. The number of hydrogen-bond acceptors (Lipinski definition) is 3. The van der Waals surface area contributed by atoms with Gasteiger partial charge in [0.2, 0.25) is 11.6 Å². The zero-order valence-electron chi connectivity index (χ0n) is 15.2. The maximum atomic E-state index is 14.2. The van der Waals surface area contributed by atoms with Crippen LogP contribution >= 0.6 is 12.6 Å². The lowest BCUT2D eigenvalue weighted by atomic mass is 9.83. The largest absolute Gasteiger partial charge is 0.490 e. The molecule has 1 saturated carbocycles. The number of fused-ring (bicyclic) bond motifs is 1. The van der Waals surface area contributed by atoms with E-state index in [9.17, 15) is 8.78 Å². The van der Waals surface area contributed by atoms with Gasteiger partial charge in [0.05, 0.1) is 6.61 Å². The molecule has 5 heteroatoms. The van der Waals surface area contributed by atoms with Crippen molar-refractivity contribution in [2.75, 3.05) is 6.61 Å². The average molecular weight is 390 g/mol. The van der Waals surface area contributed by atoms with Gasteiger partial charge in [-0.15, -0.1) is 0 Å². The molecule has 1 heterocycles. The molecule has 0 bridgehead atoms. The van der Waals surface area contributed by atoms with Crippen molar-refractivity contribution in [1.82, 2.24) is 0 Å². The minimum atomic E-state index is -0.976. The van der Waals surface area contributed by atoms with Crippen LogP contribution in [0.1, 0.15) is 54.7 Å². The van der Waals surface area contributed by atoms with E-state index in [1.807, 2.05) is 12.1 Å². The van der Waals surface area contributed by atoms with Gasteiger partial charge in [-0.2, -0.15) is 21.4 Å². The van der Waals surface area contributed by atoms with Crippen LogP contribution in [0.25, 0.3) is 0 Å². The van der Waals surface area contributed by atoms with Gasteiger partial charge in [-0.1, -0.05) is 24.3 Å². The molecule has 0 unspecified atom stereocenters. The third-order valence-corrected chi connectivity index (χ3v) is 6.10. The summed E-state index contributed by atoms with van der Waals surface area (Å²) in [7, 11) is 0. The second kappa shape index (κ2) is 8.09. The van der Waals surface area contributed by atoms with Crippen molar-refractivity contribution in [3.63, 3.8) is 0 Å². The van der Waals surface area contributed by atoms with E-state index in [0.717, 1.165) is 24.8 Å². The van der Waals surface area contributed by atoms with Gasteiger partial charge in [-0.05, 0) is 61.6 Å². The first-order valence-electron chi connectivity index (χ1n) is 9.65. The van der Waals surface area contributed by atoms with Crippen LogP contribution in [0.5, 0.6) is 11.5 Å². The predicted octanol–water partition coefficient (Wildman–Crippen LogP) is 5.82. The van der Waals surface area contributed by atoms with Crippen molar-refractivity contribution in [3.05, 3.63) is 58.7 Å². The molecule has 4 rings (SSSR count). The van der Waals surface area contributed by atoms with Crippen LogP contribution in [0.3, 0.4) is 0 Å². The predicted molar refractivity (Wildman–Crippen MR) is 105 cm³/mol. The highest BCUT2D eigenvalue weighted by Crippen LogP contribution is 2.36. The van der Waals surface area contributed by atoms with E-state index in [1.54, 1.807) is 6.07 Å². The molecule has 144 valence electrons. The fourth-order valence-electron chi connectivity index (χ4n) is 3.98. The molecule has 0 atom stereocenters. The second-order valence-corrected chi connectivity index (χ2v) is 8.21. The zero-order valence-corrected chi connectivity index (χ0v) is 16.1. The summed E-state index contributed by atoms with van der Waals surface area (Å²) in [6, 6.07) is 9.84. The molecule has 1 aliphatic carbocycles. The van der Waals surface area contributed by atoms with Crippen LogP contribution in [-0.4, -0.2) is 11.9 Å². The number of halogens is 2. The Balaban J connectivity index is 1.42. The Morgan fingerprint density at radius 1 is 1.04 bits per heavy atom. The first-order chi connectivity index (χ1) is 13.1. The fourth-order valence-corrected chi connectivity index (χ4v) is 4.27. The molecule has 1 aliphatic heterocycles. The summed E-state index contributed by atoms with van der Waals surface area (Å²) in [5, 5.41) is 0.534. The van der Waals surface area contributed by atoms with Crippen molar-refractivity contribution >= 4 is 12.6 Å². The number of hydrogen-bond donors (Lipinski definition) is 1. The Morgan fingerprint density at radius 2 is 1.78 bits per heavy atom. The van der Waals surface area contributed by atoms with Crippen LogP contribution < -0.4 is 9.47 Å². The van der Waals surface area contributed by atoms with Crippen LogP contribution in [0.2, 0.25) is 0 Å². The van der Waals surface area contributed by atoms with Crippen molar-refractivity contribution in [1.29, 1.82) is 0 Å². The molecular weight excluding hydrogens is 366 g/mol. The van der Waals surface area contributed by atoms with E-state index in [1.165, 1.54) is 18.4 Å². The van der Waals surface area contributed by atoms with Crippen molar-refractivity contribution in [2.45, 2.75) is 56.3 Å². The quantitative estimate of drug-likeness (QED) is 0.663. The lowest BCUT2D eigenvalue weighted by Gasteiger charge is -2.26. The maximum Gasteiger partial charge on any atom is 0.204 e. The minimum Gasteiger partial charge on any atom is -0.490 e. The molecular formula is C22H24F2O2S. The van der Waals surface area contributed by atoms with Crippen molar-refractivity contribution in [3.8, 4) is 11.5 Å². The third-order valence-electron chi connectivity index (χ3n) is 5.58. The van der Waals surface area contributed by atoms with Crippen molar-refractivity contribution in [2.24, 2.45) is 0 Å².